The summed E-state index contributed by atoms with van der Waals surface area (Å²) in [5.41, 5.74) is 9.51. The lowest BCUT2D eigenvalue weighted by molar-refractivity contribution is 0.0526. The van der Waals surface area contributed by atoms with E-state index in [9.17, 15) is 4.79 Å². The van der Waals surface area contributed by atoms with Crippen molar-refractivity contribution >= 4 is 28.6 Å². The van der Waals surface area contributed by atoms with Crippen LogP contribution in [0.4, 0.5) is 5.69 Å². The lowest BCUT2D eigenvalue weighted by Gasteiger charge is -2.37. The van der Waals surface area contributed by atoms with Gasteiger partial charge in [-0.3, -0.25) is 0 Å². The number of methoxy groups -OCH3 is 1. The summed E-state index contributed by atoms with van der Waals surface area (Å²) in [6.45, 7) is 11.1. The normalized spacial score (nSPS) is 13.0. The molecule has 35 heavy (non-hydrogen) atoms. The van der Waals surface area contributed by atoms with E-state index in [2.05, 4.69) is 55.7 Å². The summed E-state index contributed by atoms with van der Waals surface area (Å²) in [6.07, 6.45) is 3.13. The van der Waals surface area contributed by atoms with Gasteiger partial charge in [0, 0.05) is 16.9 Å². The molecule has 4 nitrogen and oxygen atoms in total. The molecule has 1 heterocycles. The molecule has 0 aliphatic carbocycles. The van der Waals surface area contributed by atoms with Crippen molar-refractivity contribution in [1.82, 2.24) is 0 Å². The maximum absolute atomic E-state index is 12.3. The van der Waals surface area contributed by atoms with Crippen LogP contribution in [0.25, 0.3) is 17.0 Å². The number of ether oxygens (including phenoxy) is 2. The van der Waals surface area contributed by atoms with Gasteiger partial charge in [-0.25, -0.2) is 4.79 Å². The highest BCUT2D eigenvalue weighted by Crippen LogP contribution is 2.46. The van der Waals surface area contributed by atoms with E-state index in [1.807, 2.05) is 43.3 Å². The molecule has 0 bridgehead atoms. The summed E-state index contributed by atoms with van der Waals surface area (Å²) in [5.74, 6) is 0.503. The van der Waals surface area contributed by atoms with Gasteiger partial charge in [-0.15, -0.1) is 0 Å². The largest absolute Gasteiger partial charge is 0.497 e. The number of carbonyl (C=O) groups is 1. The molecule has 0 saturated heterocycles. The number of rotatable bonds is 8. The second-order valence-corrected chi connectivity index (χ2v) is 8.76. The summed E-state index contributed by atoms with van der Waals surface area (Å²) in [4.78, 5) is 14.5. The molecule has 3 aromatic carbocycles. The topological polar surface area (TPSA) is 38.8 Å². The Morgan fingerprint density at radius 2 is 1.66 bits per heavy atom. The number of aryl methyl sites for hydroxylation is 1. The zero-order chi connectivity index (χ0) is 24.9. The van der Waals surface area contributed by atoms with Gasteiger partial charge in [0.15, 0.2) is 0 Å². The fourth-order valence-corrected chi connectivity index (χ4v) is 4.58. The number of nitrogens with zero attached hydrogens (tertiary/aromatic N) is 1. The zero-order valence-electron chi connectivity index (χ0n) is 21.1. The van der Waals surface area contributed by atoms with Crippen LogP contribution < -0.4 is 9.64 Å². The van der Waals surface area contributed by atoms with Crippen molar-refractivity contribution in [2.75, 3.05) is 18.6 Å². The fourth-order valence-electron chi connectivity index (χ4n) is 4.58. The molecule has 0 saturated carbocycles. The van der Waals surface area contributed by atoms with Crippen LogP contribution in [-0.4, -0.2) is 19.7 Å². The number of unbranched alkanes of at least 4 members (excludes halogenated alkanes) is 1. The zero-order valence-corrected chi connectivity index (χ0v) is 21.1. The Morgan fingerprint density at radius 3 is 2.29 bits per heavy atom. The van der Waals surface area contributed by atoms with Crippen molar-refractivity contribution in [2.45, 2.75) is 40.0 Å². The minimum Gasteiger partial charge on any atom is -0.497 e. The first kappa shape index (κ1) is 24.3. The van der Waals surface area contributed by atoms with Gasteiger partial charge in [0.05, 0.1) is 25.0 Å². The molecule has 0 amide bonds. The van der Waals surface area contributed by atoms with E-state index in [4.69, 9.17) is 9.47 Å². The van der Waals surface area contributed by atoms with Crippen LogP contribution in [0.3, 0.4) is 0 Å². The predicted molar refractivity (Wildman–Crippen MR) is 144 cm³/mol. The third-order valence-corrected chi connectivity index (χ3v) is 6.37. The minimum absolute atomic E-state index is 0.305. The smallest absolute Gasteiger partial charge is 0.338 e. The van der Waals surface area contributed by atoms with Crippen molar-refractivity contribution in [3.8, 4) is 5.75 Å². The highest BCUT2D eigenvalue weighted by atomic mass is 16.5. The van der Waals surface area contributed by atoms with Crippen molar-refractivity contribution < 1.29 is 14.3 Å². The van der Waals surface area contributed by atoms with Crippen molar-refractivity contribution in [3.63, 3.8) is 0 Å². The lowest BCUT2D eigenvalue weighted by atomic mass is 9.85. The number of benzene rings is 3. The first-order valence-electron chi connectivity index (χ1n) is 12.2. The summed E-state index contributed by atoms with van der Waals surface area (Å²) in [6, 6.07) is 22.4. The number of esters is 1. The standard InChI is InChI=1S/C31H33NO3/c1-6-8-9-28-29-20-21(3)10-19-27(29)22(4)32(25-15-17-26(34-5)18-16-25)30(28)23-11-13-24(14-12-23)31(33)35-7-2/h10-20H,4,6-9H2,1-3,5H3. The molecule has 180 valence electrons. The molecular formula is C31H33NO3. The molecule has 4 heteroatoms. The van der Waals surface area contributed by atoms with E-state index < -0.39 is 0 Å². The first-order chi connectivity index (χ1) is 17.0. The third-order valence-electron chi connectivity index (χ3n) is 6.37. The van der Waals surface area contributed by atoms with Gasteiger partial charge in [-0.2, -0.15) is 0 Å². The number of hydrogen-bond acceptors (Lipinski definition) is 4. The van der Waals surface area contributed by atoms with Gasteiger partial charge < -0.3 is 14.4 Å². The van der Waals surface area contributed by atoms with Crippen LogP contribution in [0.1, 0.15) is 65.7 Å². The number of anilines is 1. The highest BCUT2D eigenvalue weighted by Gasteiger charge is 2.30. The lowest BCUT2D eigenvalue weighted by Crippen LogP contribution is -2.25. The summed E-state index contributed by atoms with van der Waals surface area (Å²) in [7, 11) is 1.67. The second-order valence-electron chi connectivity index (χ2n) is 8.76. The quantitative estimate of drug-likeness (QED) is 0.318. The van der Waals surface area contributed by atoms with Gasteiger partial charge in [0.1, 0.15) is 5.75 Å². The highest BCUT2D eigenvalue weighted by molar-refractivity contribution is 6.10. The molecule has 3 aromatic rings. The van der Waals surface area contributed by atoms with E-state index in [1.165, 1.54) is 16.7 Å². The molecular weight excluding hydrogens is 434 g/mol. The molecule has 1 aliphatic heterocycles. The van der Waals surface area contributed by atoms with Gasteiger partial charge >= 0.3 is 5.97 Å². The summed E-state index contributed by atoms with van der Waals surface area (Å²) < 4.78 is 10.6. The van der Waals surface area contributed by atoms with Gasteiger partial charge in [0.25, 0.3) is 0 Å². The Labute approximate surface area is 208 Å². The Morgan fingerprint density at radius 1 is 0.943 bits per heavy atom. The minimum atomic E-state index is -0.305. The van der Waals surface area contributed by atoms with E-state index in [1.54, 1.807) is 7.11 Å². The maximum atomic E-state index is 12.3. The average Bonchev–Trinajstić information content (AvgIpc) is 2.88. The van der Waals surface area contributed by atoms with E-state index in [0.29, 0.717) is 12.2 Å². The SMILES string of the molecule is C=C1c2ccc(C)cc2C(CCCC)=C(c2ccc(C(=O)OCC)cc2)N1c1ccc(OC)cc1. The molecule has 0 aromatic heterocycles. The number of allylic oxidation sites excluding steroid dienone is 1. The Kier molecular flexibility index (Phi) is 7.40. The molecule has 0 spiro atoms. The Balaban J connectivity index is 1.94. The van der Waals surface area contributed by atoms with Gasteiger partial charge in [-0.1, -0.05) is 55.8 Å². The second kappa shape index (κ2) is 10.6. The molecule has 0 unspecified atom stereocenters. The summed E-state index contributed by atoms with van der Waals surface area (Å²) >= 11 is 0. The monoisotopic (exact) mass is 467 g/mol. The number of fused-ring (bicyclic) bond motifs is 1. The van der Waals surface area contributed by atoms with Crippen LogP contribution in [0.2, 0.25) is 0 Å². The predicted octanol–water partition coefficient (Wildman–Crippen LogP) is 7.73. The molecule has 0 atom stereocenters. The molecule has 0 N–H and O–H groups in total. The summed E-state index contributed by atoms with van der Waals surface area (Å²) in [5, 5.41) is 0. The molecule has 0 fully saturated rings. The van der Waals surface area contributed by atoms with Crippen LogP contribution in [-0.2, 0) is 4.74 Å². The van der Waals surface area contributed by atoms with E-state index in [-0.39, 0.29) is 5.97 Å². The van der Waals surface area contributed by atoms with Crippen LogP contribution in [0.5, 0.6) is 5.75 Å². The molecule has 0 radical (unpaired) electrons. The third kappa shape index (κ3) is 4.88. The van der Waals surface area contributed by atoms with Gasteiger partial charge in [0.2, 0.25) is 0 Å². The van der Waals surface area contributed by atoms with Crippen LogP contribution in [0.15, 0.2) is 73.3 Å². The number of carbonyl (C=O) groups excluding carboxylic acids is 1. The number of hydrogen-bond donors (Lipinski definition) is 0. The Bertz CT molecular complexity index is 1250. The van der Waals surface area contributed by atoms with Crippen LogP contribution >= 0.6 is 0 Å². The van der Waals surface area contributed by atoms with E-state index >= 15 is 0 Å². The molecule has 1 aliphatic rings. The van der Waals surface area contributed by atoms with Crippen LogP contribution in [0, 0.1) is 6.92 Å². The maximum Gasteiger partial charge on any atom is 0.338 e. The van der Waals surface area contributed by atoms with E-state index in [0.717, 1.165) is 53.2 Å². The van der Waals surface area contributed by atoms with Crippen molar-refractivity contribution in [2.24, 2.45) is 0 Å². The van der Waals surface area contributed by atoms with Crippen molar-refractivity contribution in [1.29, 1.82) is 0 Å². The Hall–Kier alpha value is -3.79. The first-order valence-corrected chi connectivity index (χ1v) is 12.2. The average molecular weight is 468 g/mol. The van der Waals surface area contributed by atoms with Gasteiger partial charge in [-0.05, 0) is 79.8 Å². The molecule has 4 rings (SSSR count). The van der Waals surface area contributed by atoms with Crippen molar-refractivity contribution in [3.05, 3.63) is 101 Å². The fraction of sp³-hybridized carbons (Fsp3) is 0.258.